The van der Waals surface area contributed by atoms with Crippen molar-refractivity contribution in [3.8, 4) is 0 Å². The molecule has 0 aliphatic rings. The Balaban J connectivity index is 2.83. The van der Waals surface area contributed by atoms with E-state index in [4.69, 9.17) is 0 Å². The lowest BCUT2D eigenvalue weighted by Gasteiger charge is -1.61. The molecule has 1 unspecified atom stereocenters. The minimum atomic E-state index is -0.302. The van der Waals surface area contributed by atoms with Gasteiger partial charge in [-0.15, -0.1) is 0 Å². The summed E-state index contributed by atoms with van der Waals surface area (Å²) in [5.74, 6) is 0. The Hall–Kier alpha value is 1.06. The maximum absolute atomic E-state index is 9.56. The Morgan fingerprint density at radius 2 is 1.80 bits per heavy atom. The molecular formula is CH2Br2OP+. The molecule has 0 aliphatic heterocycles. The highest BCUT2D eigenvalue weighted by Crippen LogP contribution is 2.19. The van der Waals surface area contributed by atoms with E-state index >= 15 is 0 Å². The van der Waals surface area contributed by atoms with E-state index in [1.807, 2.05) is 0 Å². The topological polar surface area (TPSA) is 17.1 Å². The van der Waals surface area contributed by atoms with Gasteiger partial charge in [0.1, 0.15) is 0 Å². The van der Waals surface area contributed by atoms with E-state index in [0.717, 1.165) is 0 Å². The molecule has 0 spiro atoms. The van der Waals surface area contributed by atoms with Crippen LogP contribution in [0.4, 0.5) is 0 Å². The number of halogens is 2. The third-order valence-electron chi connectivity index (χ3n) is 0.0891. The summed E-state index contributed by atoms with van der Waals surface area (Å²) in [5, 5.41) is 0. The number of rotatable bonds is 1. The van der Waals surface area contributed by atoms with E-state index in [1.165, 1.54) is 0 Å². The van der Waals surface area contributed by atoms with Crippen molar-refractivity contribution in [1.29, 1.82) is 0 Å². The molecular weight excluding hydrogens is 219 g/mol. The first-order chi connectivity index (χ1) is 2.27. The second-order valence-electron chi connectivity index (χ2n) is 0.419. The van der Waals surface area contributed by atoms with Gasteiger partial charge in [0.2, 0.25) is 0 Å². The molecule has 0 fully saturated rings. The summed E-state index contributed by atoms with van der Waals surface area (Å²) in [4.78, 5) is 0. The quantitative estimate of drug-likeness (QED) is 0.489. The van der Waals surface area contributed by atoms with Crippen molar-refractivity contribution in [2.75, 3.05) is 0 Å². The largest absolute Gasteiger partial charge is 0.350 e. The van der Waals surface area contributed by atoms with Gasteiger partial charge in [-0.05, 0) is 31.9 Å². The van der Waals surface area contributed by atoms with Gasteiger partial charge in [-0.3, -0.25) is 0 Å². The van der Waals surface area contributed by atoms with Crippen LogP contribution in [-0.4, -0.2) is 3.48 Å². The molecule has 0 aromatic carbocycles. The summed E-state index contributed by atoms with van der Waals surface area (Å²) in [6, 6.07) is 0. The Kier molecular flexibility index (Phi) is 3.95. The van der Waals surface area contributed by atoms with E-state index in [0.29, 0.717) is 0 Å². The highest BCUT2D eigenvalue weighted by molar-refractivity contribution is 9.26. The average molecular weight is 221 g/mol. The van der Waals surface area contributed by atoms with Crippen molar-refractivity contribution in [2.45, 2.75) is 3.48 Å². The molecule has 0 saturated carbocycles. The Labute approximate surface area is 48.6 Å². The molecule has 0 aromatic heterocycles. The van der Waals surface area contributed by atoms with Gasteiger partial charge in [-0.25, -0.2) is 0 Å². The van der Waals surface area contributed by atoms with Crippen LogP contribution < -0.4 is 0 Å². The summed E-state index contributed by atoms with van der Waals surface area (Å²) in [6.45, 7) is 0. The summed E-state index contributed by atoms with van der Waals surface area (Å²) >= 11 is 5.98. The summed E-state index contributed by atoms with van der Waals surface area (Å²) < 4.78 is 9.55. The lowest BCUT2D eigenvalue weighted by molar-refractivity contribution is 0.600. The maximum atomic E-state index is 9.56. The van der Waals surface area contributed by atoms with Crippen LogP contribution in [0.25, 0.3) is 0 Å². The molecule has 0 N–H and O–H groups in total. The summed E-state index contributed by atoms with van der Waals surface area (Å²) in [7, 11) is -0.302. The number of hydrogen-bond donors (Lipinski definition) is 0. The van der Waals surface area contributed by atoms with Crippen LogP contribution in [0.5, 0.6) is 0 Å². The van der Waals surface area contributed by atoms with Crippen molar-refractivity contribution >= 4 is 40.3 Å². The summed E-state index contributed by atoms with van der Waals surface area (Å²) in [5.41, 5.74) is 0. The molecule has 1 nitrogen and oxygen atoms in total. The van der Waals surface area contributed by atoms with Gasteiger partial charge >= 0.3 is 8.46 Å². The van der Waals surface area contributed by atoms with E-state index in [1.54, 1.807) is 0 Å². The van der Waals surface area contributed by atoms with Crippen LogP contribution in [0.3, 0.4) is 0 Å². The Morgan fingerprint density at radius 3 is 1.80 bits per heavy atom. The number of hydrogen-bond acceptors (Lipinski definition) is 1. The van der Waals surface area contributed by atoms with Crippen molar-refractivity contribution in [2.24, 2.45) is 0 Å². The van der Waals surface area contributed by atoms with Gasteiger partial charge in [-0.1, -0.05) is 4.57 Å². The maximum Gasteiger partial charge on any atom is 0.350 e. The SMILES string of the molecule is O=[PH+]C(Br)Br. The monoisotopic (exact) mass is 219 g/mol. The van der Waals surface area contributed by atoms with Crippen LogP contribution in [0, 0.1) is 0 Å². The first-order valence-electron chi connectivity index (χ1n) is 0.929. The highest BCUT2D eigenvalue weighted by atomic mass is 79.9. The van der Waals surface area contributed by atoms with Crippen molar-refractivity contribution in [3.63, 3.8) is 0 Å². The number of alkyl halides is 2. The molecule has 0 bridgehead atoms. The van der Waals surface area contributed by atoms with Crippen LogP contribution in [0.1, 0.15) is 0 Å². The van der Waals surface area contributed by atoms with Gasteiger partial charge in [0.05, 0.1) is 0 Å². The zero-order valence-corrected chi connectivity index (χ0v) is 6.41. The highest BCUT2D eigenvalue weighted by Gasteiger charge is 1.98. The first-order valence-corrected chi connectivity index (χ1v) is 3.75. The van der Waals surface area contributed by atoms with Gasteiger partial charge in [0.25, 0.3) is 3.48 Å². The molecule has 0 amide bonds. The van der Waals surface area contributed by atoms with Crippen molar-refractivity contribution < 1.29 is 4.57 Å². The van der Waals surface area contributed by atoms with Gasteiger partial charge in [0, 0.05) is 0 Å². The smallest absolute Gasteiger partial charge is 0.0751 e. The van der Waals surface area contributed by atoms with E-state index in [2.05, 4.69) is 31.9 Å². The third-order valence-corrected chi connectivity index (χ3v) is 1.39. The van der Waals surface area contributed by atoms with Gasteiger partial charge in [-0.2, -0.15) is 0 Å². The zero-order valence-electron chi connectivity index (χ0n) is 2.24. The average Bonchev–Trinajstić information content (AvgIpc) is 1.38. The van der Waals surface area contributed by atoms with Crippen LogP contribution >= 0.6 is 40.3 Å². The minimum Gasteiger partial charge on any atom is -0.0751 e. The fourth-order valence-electron chi connectivity index (χ4n) is 0. The van der Waals surface area contributed by atoms with Crippen LogP contribution in [0.2, 0.25) is 0 Å². The van der Waals surface area contributed by atoms with Crippen molar-refractivity contribution in [3.05, 3.63) is 0 Å². The summed E-state index contributed by atoms with van der Waals surface area (Å²) in [6.07, 6.45) is 0. The Morgan fingerprint density at radius 1 is 1.60 bits per heavy atom. The molecule has 0 radical (unpaired) electrons. The zero-order chi connectivity index (χ0) is 4.28. The predicted octanol–water partition coefficient (Wildman–Crippen LogP) is 2.08. The molecule has 0 aliphatic carbocycles. The fourth-order valence-corrected chi connectivity index (χ4v) is 0. The lowest BCUT2D eigenvalue weighted by Crippen LogP contribution is -1.53. The first kappa shape index (κ1) is 6.06. The second-order valence-corrected chi connectivity index (χ2v) is 5.98. The van der Waals surface area contributed by atoms with Gasteiger partial charge in [0.15, 0.2) is 0 Å². The van der Waals surface area contributed by atoms with E-state index in [-0.39, 0.29) is 11.9 Å². The van der Waals surface area contributed by atoms with Crippen molar-refractivity contribution in [1.82, 2.24) is 0 Å². The third kappa shape index (κ3) is 5.06. The van der Waals surface area contributed by atoms with E-state index in [9.17, 15) is 4.57 Å². The molecule has 0 heterocycles. The molecule has 4 heteroatoms. The molecule has 1 atom stereocenters. The van der Waals surface area contributed by atoms with Crippen LogP contribution in [-0.2, 0) is 4.57 Å². The molecule has 0 saturated heterocycles. The second kappa shape index (κ2) is 3.26. The molecule has 0 rings (SSSR count). The Bertz CT molecular complexity index is 36.6. The minimum absolute atomic E-state index is 0.0185. The standard InChI is InChI=1S/CHBr2OP/c2-1(3)5-4/h1H/p+1. The van der Waals surface area contributed by atoms with Gasteiger partial charge < -0.3 is 0 Å². The molecule has 30 valence electrons. The van der Waals surface area contributed by atoms with Crippen LogP contribution in [0.15, 0.2) is 0 Å². The molecule has 5 heavy (non-hydrogen) atoms. The van der Waals surface area contributed by atoms with E-state index < -0.39 is 0 Å². The fraction of sp³-hybridized carbons (Fsp3) is 1.00. The normalized spacial score (nSPS) is 10.2. The molecule has 0 aromatic rings. The lowest BCUT2D eigenvalue weighted by atomic mass is 11.9. The predicted molar refractivity (Wildman–Crippen MR) is 30.6 cm³/mol.